The van der Waals surface area contributed by atoms with Crippen molar-refractivity contribution in [3.63, 3.8) is 0 Å². The van der Waals surface area contributed by atoms with Gasteiger partial charge in [-0.15, -0.1) is 0 Å². The minimum absolute atomic E-state index is 0.0535. The van der Waals surface area contributed by atoms with Gasteiger partial charge in [0.25, 0.3) is 0 Å². The van der Waals surface area contributed by atoms with Crippen molar-refractivity contribution in [3.8, 4) is 0 Å². The van der Waals surface area contributed by atoms with Crippen molar-refractivity contribution in [3.05, 3.63) is 0 Å². The number of hydrogen-bond acceptors (Lipinski definition) is 3. The van der Waals surface area contributed by atoms with E-state index in [2.05, 4.69) is 0 Å². The Bertz CT molecular complexity index is 187. The van der Waals surface area contributed by atoms with Gasteiger partial charge in [0.05, 0.1) is 0 Å². The van der Waals surface area contributed by atoms with Crippen LogP contribution in [0.3, 0.4) is 0 Å². The zero-order chi connectivity index (χ0) is 9.07. The largest absolute Gasteiger partial charge is 0.481 e. The van der Waals surface area contributed by atoms with Gasteiger partial charge in [-0.05, 0) is 13.0 Å². The van der Waals surface area contributed by atoms with Gasteiger partial charge in [-0.3, -0.25) is 9.36 Å². The van der Waals surface area contributed by atoms with Crippen molar-refractivity contribution >= 4 is 13.6 Å². The van der Waals surface area contributed by atoms with E-state index in [1.807, 2.05) is 0 Å². The molecule has 0 heterocycles. The van der Waals surface area contributed by atoms with Crippen molar-refractivity contribution in [1.29, 1.82) is 0 Å². The summed E-state index contributed by atoms with van der Waals surface area (Å²) in [6.07, 6.45) is -0.209. The zero-order valence-corrected chi connectivity index (χ0v) is 6.57. The molecule has 0 amide bonds. The first-order chi connectivity index (χ1) is 4.89. The first-order valence-corrected chi connectivity index (χ1v) is 4.56. The highest BCUT2D eigenvalue weighted by molar-refractivity contribution is 7.53. The van der Waals surface area contributed by atoms with Crippen LogP contribution in [0.2, 0.25) is 0 Å². The normalized spacial score (nSPS) is 14.5. The molecular weight excluding hydrogens is 173 g/mol. The van der Waals surface area contributed by atoms with Crippen LogP contribution in [-0.2, 0) is 9.36 Å². The molecule has 7 heteroatoms. The molecule has 0 aliphatic rings. The van der Waals surface area contributed by atoms with Gasteiger partial charge in [0.15, 0.2) is 5.66 Å². The number of carboxylic acid groups (broad SMARTS) is 1. The number of carboxylic acids is 1. The fraction of sp³-hybridized carbons (Fsp3) is 0.750. The van der Waals surface area contributed by atoms with Crippen molar-refractivity contribution < 1.29 is 24.3 Å². The second-order valence-electron chi connectivity index (χ2n) is 2.02. The highest BCUT2D eigenvalue weighted by Crippen LogP contribution is 2.42. The van der Waals surface area contributed by atoms with Gasteiger partial charge in [-0.25, -0.2) is 0 Å². The molecule has 1 unspecified atom stereocenters. The van der Waals surface area contributed by atoms with Crippen LogP contribution in [0.5, 0.6) is 0 Å². The number of carbonyl (C=O) groups is 1. The summed E-state index contributed by atoms with van der Waals surface area (Å²) in [5, 5.41) is 8.29. The zero-order valence-electron chi connectivity index (χ0n) is 5.67. The average Bonchev–Trinajstić information content (AvgIpc) is 1.79. The fourth-order valence-corrected chi connectivity index (χ4v) is 1.37. The summed E-state index contributed by atoms with van der Waals surface area (Å²) in [5.41, 5.74) is 3.30. The van der Waals surface area contributed by atoms with Crippen molar-refractivity contribution in [2.45, 2.75) is 12.1 Å². The minimum atomic E-state index is -4.53. The summed E-state index contributed by atoms with van der Waals surface area (Å²) < 4.78 is 10.4. The van der Waals surface area contributed by atoms with Crippen molar-refractivity contribution in [2.75, 3.05) is 6.54 Å². The minimum Gasteiger partial charge on any atom is -0.481 e. The third kappa shape index (κ3) is 3.48. The molecule has 0 radical (unpaired) electrons. The van der Waals surface area contributed by atoms with Gasteiger partial charge >= 0.3 is 13.6 Å². The third-order valence-electron chi connectivity index (χ3n) is 1.13. The molecule has 0 fully saturated rings. The molecule has 1 atom stereocenters. The number of rotatable bonds is 4. The first kappa shape index (κ1) is 10.6. The van der Waals surface area contributed by atoms with Crippen LogP contribution in [0, 0.1) is 0 Å². The van der Waals surface area contributed by atoms with E-state index in [1.165, 1.54) is 0 Å². The maximum atomic E-state index is 10.4. The lowest BCUT2D eigenvalue weighted by molar-refractivity contribution is -0.137. The third-order valence-corrected chi connectivity index (χ3v) is 2.42. The van der Waals surface area contributed by atoms with Crippen LogP contribution in [-0.4, -0.2) is 33.1 Å². The highest BCUT2D eigenvalue weighted by atomic mass is 31.2. The fourth-order valence-electron chi connectivity index (χ4n) is 0.593. The summed E-state index contributed by atoms with van der Waals surface area (Å²) in [6.45, 7) is -0.0535. The summed E-state index contributed by atoms with van der Waals surface area (Å²) in [7, 11) is -4.53. The molecule has 0 aromatic heterocycles. The molecule has 0 rings (SSSR count). The van der Waals surface area contributed by atoms with Gasteiger partial charge in [-0.1, -0.05) is 0 Å². The van der Waals surface area contributed by atoms with E-state index in [0.717, 1.165) is 0 Å². The van der Waals surface area contributed by atoms with Crippen LogP contribution in [0.25, 0.3) is 0 Å². The van der Waals surface area contributed by atoms with E-state index in [-0.39, 0.29) is 13.0 Å². The topological polar surface area (TPSA) is 121 Å². The second kappa shape index (κ2) is 3.82. The quantitative estimate of drug-likeness (QED) is 0.413. The number of hydrogen-bond donors (Lipinski definition) is 4. The van der Waals surface area contributed by atoms with E-state index in [0.29, 0.717) is 0 Å². The molecule has 0 aromatic carbocycles. The summed E-state index contributed by atoms with van der Waals surface area (Å²) in [4.78, 5) is 27.1. The van der Waals surface area contributed by atoms with Crippen LogP contribution in [0.15, 0.2) is 0 Å². The maximum Gasteiger partial charge on any atom is 0.339 e. The number of aliphatic carboxylic acids is 1. The first-order valence-electron chi connectivity index (χ1n) is 2.87. The lowest BCUT2D eigenvalue weighted by Crippen LogP contribution is -2.23. The van der Waals surface area contributed by atoms with Gasteiger partial charge in [0, 0.05) is 0 Å². The standard InChI is InChI=1S/C4H10NO5P/c5-2-1-3(4(6)7)11(8,9)10/h3H,1-2,5H2,(H,6,7)(H2,8,9,10). The number of nitrogens with two attached hydrogens (primary N) is 1. The second-order valence-corrected chi connectivity index (χ2v) is 3.82. The van der Waals surface area contributed by atoms with E-state index in [9.17, 15) is 9.36 Å². The molecule has 0 aliphatic carbocycles. The van der Waals surface area contributed by atoms with E-state index in [1.54, 1.807) is 0 Å². The van der Waals surface area contributed by atoms with Gasteiger partial charge in [-0.2, -0.15) is 0 Å². The smallest absolute Gasteiger partial charge is 0.339 e. The molecular formula is C4H10NO5P. The Balaban J connectivity index is 4.35. The molecule has 0 aliphatic heterocycles. The van der Waals surface area contributed by atoms with Crippen LogP contribution >= 0.6 is 7.60 Å². The molecule has 0 saturated carbocycles. The molecule has 6 nitrogen and oxygen atoms in total. The Labute approximate surface area is 63.2 Å². The Morgan fingerprint density at radius 2 is 2.00 bits per heavy atom. The summed E-state index contributed by atoms with van der Waals surface area (Å²) in [5.74, 6) is -1.51. The summed E-state index contributed by atoms with van der Waals surface area (Å²) >= 11 is 0. The van der Waals surface area contributed by atoms with E-state index < -0.39 is 19.2 Å². The SMILES string of the molecule is NCCC(C(=O)O)P(=O)(O)O. The molecule has 0 spiro atoms. The lowest BCUT2D eigenvalue weighted by Gasteiger charge is -2.11. The predicted octanol–water partition coefficient (Wildman–Crippen LogP) is -1.03. The van der Waals surface area contributed by atoms with Gasteiger partial charge in [0.1, 0.15) is 0 Å². The highest BCUT2D eigenvalue weighted by Gasteiger charge is 2.34. The van der Waals surface area contributed by atoms with Crippen LogP contribution < -0.4 is 5.73 Å². The van der Waals surface area contributed by atoms with Crippen LogP contribution in [0.1, 0.15) is 6.42 Å². The predicted molar refractivity (Wildman–Crippen MR) is 37.1 cm³/mol. The van der Waals surface area contributed by atoms with E-state index >= 15 is 0 Å². The Morgan fingerprint density at radius 1 is 1.55 bits per heavy atom. The maximum absolute atomic E-state index is 10.4. The monoisotopic (exact) mass is 183 g/mol. The Kier molecular flexibility index (Phi) is 3.68. The van der Waals surface area contributed by atoms with Crippen molar-refractivity contribution in [1.82, 2.24) is 0 Å². The summed E-state index contributed by atoms with van der Waals surface area (Å²) in [6, 6.07) is 0. The molecule has 5 N–H and O–H groups in total. The molecule has 66 valence electrons. The molecule has 0 bridgehead atoms. The average molecular weight is 183 g/mol. The van der Waals surface area contributed by atoms with E-state index in [4.69, 9.17) is 20.6 Å². The Morgan fingerprint density at radius 3 is 2.09 bits per heavy atom. The molecule has 0 aromatic rings. The molecule has 11 heavy (non-hydrogen) atoms. The molecule has 0 saturated heterocycles. The van der Waals surface area contributed by atoms with Gasteiger partial charge in [0.2, 0.25) is 0 Å². The Hall–Kier alpha value is -0.420. The van der Waals surface area contributed by atoms with Crippen LogP contribution in [0.4, 0.5) is 0 Å². The van der Waals surface area contributed by atoms with Crippen molar-refractivity contribution in [2.24, 2.45) is 5.73 Å². The van der Waals surface area contributed by atoms with Gasteiger partial charge < -0.3 is 20.6 Å². The lowest BCUT2D eigenvalue weighted by atomic mass is 10.3.